The fourth-order valence-corrected chi connectivity index (χ4v) is 3.23. The van der Waals surface area contributed by atoms with Gasteiger partial charge in [-0.1, -0.05) is 17.3 Å². The van der Waals surface area contributed by atoms with Crippen LogP contribution >= 0.6 is 39.9 Å². The van der Waals surface area contributed by atoms with E-state index in [4.69, 9.17) is 4.52 Å². The number of aliphatic imine (C=N–C) groups is 1. The first-order valence-electron chi connectivity index (χ1n) is 7.62. The predicted molar refractivity (Wildman–Crippen MR) is 110 cm³/mol. The lowest BCUT2D eigenvalue weighted by Crippen LogP contribution is -2.44. The Hall–Kier alpha value is -1.29. The van der Waals surface area contributed by atoms with Crippen molar-refractivity contribution in [2.24, 2.45) is 4.99 Å². The number of guanidine groups is 1. The minimum Gasteiger partial charge on any atom is -0.368 e. The lowest BCUT2D eigenvalue weighted by atomic mass is 10.2. The monoisotopic (exact) mass is 505 g/mol. The van der Waals surface area contributed by atoms with Gasteiger partial charge in [0.2, 0.25) is 0 Å². The number of nitrogens with zero attached hydrogens (tertiary/aromatic N) is 3. The second-order valence-corrected chi connectivity index (χ2v) is 6.30. The summed E-state index contributed by atoms with van der Waals surface area (Å²) in [5.74, 6) is 0.784. The van der Waals surface area contributed by atoms with Crippen LogP contribution in [0.4, 0.5) is 5.69 Å². The van der Waals surface area contributed by atoms with Crippen molar-refractivity contribution in [3.63, 3.8) is 0 Å². The van der Waals surface area contributed by atoms with Crippen LogP contribution in [0.1, 0.15) is 12.1 Å². The average molecular weight is 506 g/mol. The molecule has 0 amide bonds. The van der Waals surface area contributed by atoms with Gasteiger partial charge >= 0.3 is 0 Å². The summed E-state index contributed by atoms with van der Waals surface area (Å²) in [5.41, 5.74) is 2.09. The van der Waals surface area contributed by atoms with Gasteiger partial charge in [0.15, 0.2) is 5.96 Å². The normalized spacial score (nSPS) is 17.5. The Labute approximate surface area is 167 Å². The molecule has 24 heavy (non-hydrogen) atoms. The Morgan fingerprint density at radius 1 is 1.42 bits per heavy atom. The Bertz CT molecular complexity index is 664. The van der Waals surface area contributed by atoms with Gasteiger partial charge in [-0.3, -0.25) is 4.99 Å². The highest BCUT2D eigenvalue weighted by Gasteiger charge is 2.24. The van der Waals surface area contributed by atoms with Crippen LogP contribution in [-0.2, 0) is 6.54 Å². The van der Waals surface area contributed by atoms with Crippen LogP contribution in [0.2, 0.25) is 0 Å². The zero-order chi connectivity index (χ0) is 16.1. The fourth-order valence-electron chi connectivity index (χ4n) is 2.70. The van der Waals surface area contributed by atoms with Gasteiger partial charge in [0.05, 0.1) is 12.2 Å². The van der Waals surface area contributed by atoms with Crippen molar-refractivity contribution in [3.05, 3.63) is 46.8 Å². The molecule has 0 spiro atoms. The van der Waals surface area contributed by atoms with Crippen LogP contribution in [0, 0.1) is 0 Å². The molecule has 2 N–H and O–H groups in total. The van der Waals surface area contributed by atoms with Crippen molar-refractivity contribution in [1.82, 2.24) is 15.8 Å². The smallest absolute Gasteiger partial charge is 0.191 e. The predicted octanol–water partition coefficient (Wildman–Crippen LogP) is 3.00. The third-order valence-electron chi connectivity index (χ3n) is 3.87. The molecule has 1 aromatic heterocycles. The molecule has 0 bridgehead atoms. The van der Waals surface area contributed by atoms with E-state index < -0.39 is 0 Å². The second-order valence-electron chi connectivity index (χ2n) is 5.44. The maximum Gasteiger partial charge on any atom is 0.191 e. The minimum atomic E-state index is 0. The van der Waals surface area contributed by atoms with Gasteiger partial charge in [-0.25, -0.2) is 0 Å². The minimum absolute atomic E-state index is 0. The first-order valence-corrected chi connectivity index (χ1v) is 8.41. The standard InChI is InChI=1S/C16H20BrN5O.HI/c1-18-16(19-10-12-7-9-23-21-12)20-13-6-8-22(11-13)15-5-3-2-4-14(15)17;/h2-5,7,9,13H,6,8,10-11H2,1H3,(H2,18,19,20);1H. The summed E-state index contributed by atoms with van der Waals surface area (Å²) >= 11 is 3.62. The molecule has 0 radical (unpaired) electrons. The summed E-state index contributed by atoms with van der Waals surface area (Å²) in [7, 11) is 1.78. The van der Waals surface area contributed by atoms with Crippen molar-refractivity contribution in [1.29, 1.82) is 0 Å². The van der Waals surface area contributed by atoms with E-state index in [1.807, 2.05) is 12.1 Å². The van der Waals surface area contributed by atoms with Crippen LogP contribution in [0.5, 0.6) is 0 Å². The highest BCUT2D eigenvalue weighted by Crippen LogP contribution is 2.28. The van der Waals surface area contributed by atoms with Crippen molar-refractivity contribution < 1.29 is 4.52 Å². The van der Waals surface area contributed by atoms with Crippen molar-refractivity contribution in [2.75, 3.05) is 25.0 Å². The summed E-state index contributed by atoms with van der Waals surface area (Å²) in [5, 5.41) is 10.6. The molecule has 0 aliphatic carbocycles. The zero-order valence-electron chi connectivity index (χ0n) is 13.4. The summed E-state index contributed by atoms with van der Waals surface area (Å²) in [6.07, 6.45) is 2.64. The van der Waals surface area contributed by atoms with Gasteiger partial charge in [0.25, 0.3) is 0 Å². The van der Waals surface area contributed by atoms with Crippen LogP contribution in [0.15, 0.2) is 50.6 Å². The molecule has 1 fully saturated rings. The molecule has 1 saturated heterocycles. The Morgan fingerprint density at radius 2 is 2.25 bits per heavy atom. The number of benzene rings is 1. The van der Waals surface area contributed by atoms with E-state index in [0.717, 1.165) is 35.6 Å². The maximum absolute atomic E-state index is 4.83. The molecule has 0 saturated carbocycles. The SMILES string of the molecule is CN=C(NCc1ccon1)NC1CCN(c2ccccc2Br)C1.I. The largest absolute Gasteiger partial charge is 0.368 e. The molecule has 1 aliphatic rings. The lowest BCUT2D eigenvalue weighted by Gasteiger charge is -2.21. The van der Waals surface area contributed by atoms with E-state index in [2.05, 4.69) is 59.8 Å². The van der Waals surface area contributed by atoms with Crippen molar-refractivity contribution in [2.45, 2.75) is 19.0 Å². The van der Waals surface area contributed by atoms with Gasteiger partial charge < -0.3 is 20.1 Å². The number of anilines is 1. The molecule has 2 heterocycles. The van der Waals surface area contributed by atoms with E-state index in [1.165, 1.54) is 5.69 Å². The van der Waals surface area contributed by atoms with E-state index in [-0.39, 0.29) is 24.0 Å². The summed E-state index contributed by atoms with van der Waals surface area (Å²) in [6.45, 7) is 2.57. The van der Waals surface area contributed by atoms with Gasteiger partial charge in [0.1, 0.15) is 12.0 Å². The third kappa shape index (κ3) is 4.85. The number of para-hydroxylation sites is 1. The fraction of sp³-hybridized carbons (Fsp3) is 0.375. The molecule has 2 aromatic rings. The average Bonchev–Trinajstić information content (AvgIpc) is 3.23. The Kier molecular flexibility index (Phi) is 7.35. The molecule has 1 aliphatic heterocycles. The third-order valence-corrected chi connectivity index (χ3v) is 4.54. The maximum atomic E-state index is 4.83. The van der Waals surface area contributed by atoms with Gasteiger partial charge in [-0.15, -0.1) is 24.0 Å². The van der Waals surface area contributed by atoms with Crippen molar-refractivity contribution in [3.8, 4) is 0 Å². The summed E-state index contributed by atoms with van der Waals surface area (Å²) < 4.78 is 5.96. The molecule has 3 rings (SSSR count). The van der Waals surface area contributed by atoms with Gasteiger partial charge in [0, 0.05) is 36.7 Å². The molecule has 1 aromatic carbocycles. The van der Waals surface area contributed by atoms with Crippen LogP contribution < -0.4 is 15.5 Å². The van der Waals surface area contributed by atoms with Crippen LogP contribution in [0.3, 0.4) is 0 Å². The number of aromatic nitrogens is 1. The highest BCUT2D eigenvalue weighted by atomic mass is 127. The molecular formula is C16H21BrIN5O. The first kappa shape index (κ1) is 19.0. The molecule has 1 unspecified atom stereocenters. The molecular weight excluding hydrogens is 485 g/mol. The molecule has 6 nitrogen and oxygen atoms in total. The van der Waals surface area contributed by atoms with Crippen LogP contribution in [-0.4, -0.2) is 37.3 Å². The second kappa shape index (κ2) is 9.26. The number of nitrogens with one attached hydrogen (secondary N) is 2. The Balaban J connectivity index is 0.00000208. The zero-order valence-corrected chi connectivity index (χ0v) is 17.3. The molecule has 130 valence electrons. The number of hydrogen-bond acceptors (Lipinski definition) is 4. The molecule has 1 atom stereocenters. The van der Waals surface area contributed by atoms with Gasteiger partial charge in [-0.05, 0) is 34.5 Å². The number of rotatable bonds is 4. The topological polar surface area (TPSA) is 65.7 Å². The quantitative estimate of drug-likeness (QED) is 0.380. The first-order chi connectivity index (χ1) is 11.3. The molecule has 8 heteroatoms. The van der Waals surface area contributed by atoms with E-state index >= 15 is 0 Å². The summed E-state index contributed by atoms with van der Waals surface area (Å²) in [4.78, 5) is 6.66. The number of halogens is 2. The van der Waals surface area contributed by atoms with E-state index in [1.54, 1.807) is 13.3 Å². The highest BCUT2D eigenvalue weighted by molar-refractivity contribution is 14.0. The van der Waals surface area contributed by atoms with E-state index in [9.17, 15) is 0 Å². The van der Waals surface area contributed by atoms with Gasteiger partial charge in [-0.2, -0.15) is 0 Å². The lowest BCUT2D eigenvalue weighted by molar-refractivity contribution is 0.410. The van der Waals surface area contributed by atoms with E-state index in [0.29, 0.717) is 12.6 Å². The van der Waals surface area contributed by atoms with Crippen LogP contribution in [0.25, 0.3) is 0 Å². The number of hydrogen-bond donors (Lipinski definition) is 2. The van der Waals surface area contributed by atoms with Crippen molar-refractivity contribution >= 4 is 51.6 Å². The summed E-state index contributed by atoms with van der Waals surface area (Å²) in [6, 6.07) is 10.5. The Morgan fingerprint density at radius 3 is 2.96 bits per heavy atom.